The van der Waals surface area contributed by atoms with Gasteiger partial charge in [0.15, 0.2) is 0 Å². The summed E-state index contributed by atoms with van der Waals surface area (Å²) in [4.78, 5) is 28.4. The topological polar surface area (TPSA) is 64.0 Å². The van der Waals surface area contributed by atoms with Crippen molar-refractivity contribution in [3.8, 4) is 11.1 Å². The second kappa shape index (κ2) is 6.78. The van der Waals surface area contributed by atoms with Crippen molar-refractivity contribution < 1.29 is 4.79 Å². The Hall–Kier alpha value is -2.73. The van der Waals surface area contributed by atoms with Crippen LogP contribution >= 0.6 is 11.3 Å². The first-order valence-electron chi connectivity index (χ1n) is 9.02. The lowest BCUT2D eigenvalue weighted by Crippen LogP contribution is -2.29. The summed E-state index contributed by atoms with van der Waals surface area (Å²) < 4.78 is 2.63. The first-order valence-corrected chi connectivity index (χ1v) is 9.84. The molecule has 0 saturated carbocycles. The van der Waals surface area contributed by atoms with Gasteiger partial charge in [0.1, 0.15) is 0 Å². The highest BCUT2D eigenvalue weighted by Crippen LogP contribution is 2.37. The summed E-state index contributed by atoms with van der Waals surface area (Å²) in [5, 5.41) is 3.11. The molecule has 2 heterocycles. The Bertz CT molecular complexity index is 1140. The van der Waals surface area contributed by atoms with Crippen molar-refractivity contribution in [3.05, 3.63) is 57.0 Å². The van der Waals surface area contributed by atoms with Gasteiger partial charge in [0.25, 0.3) is 0 Å². The molecule has 1 N–H and O–H groups in total. The van der Waals surface area contributed by atoms with E-state index in [4.69, 9.17) is 0 Å². The Balaban J connectivity index is 1.85. The van der Waals surface area contributed by atoms with Gasteiger partial charge in [-0.2, -0.15) is 0 Å². The first-order chi connectivity index (χ1) is 13.0. The van der Waals surface area contributed by atoms with Crippen molar-refractivity contribution in [2.24, 2.45) is 7.05 Å². The summed E-state index contributed by atoms with van der Waals surface area (Å²) in [5.41, 5.74) is 6.35. The van der Waals surface area contributed by atoms with Gasteiger partial charge in [-0.05, 0) is 36.6 Å². The Morgan fingerprint density at radius 1 is 1.37 bits per heavy atom. The summed E-state index contributed by atoms with van der Waals surface area (Å²) >= 11 is 1.25. The highest BCUT2D eigenvalue weighted by molar-refractivity contribution is 7.16. The average molecular weight is 379 g/mol. The number of pyridine rings is 1. The summed E-state index contributed by atoms with van der Waals surface area (Å²) in [6, 6.07) is 6.01. The standard InChI is InChI=1S/C21H21N3O2S/c1-4-20(25)23-17-8-12(2)7-14-15(10-22-11-16(14)17)13-5-6-18-19(9-13)27-21(26)24(18)3/h5-7,9-11,17H,4,8H2,1-3H3,(H,23,25). The number of hydrogen-bond acceptors (Lipinski definition) is 4. The van der Waals surface area contributed by atoms with Crippen molar-refractivity contribution >= 4 is 33.5 Å². The van der Waals surface area contributed by atoms with Crippen LogP contribution in [0.4, 0.5) is 0 Å². The van der Waals surface area contributed by atoms with Gasteiger partial charge < -0.3 is 9.88 Å². The molecule has 138 valence electrons. The van der Waals surface area contributed by atoms with Gasteiger partial charge in [0.2, 0.25) is 5.91 Å². The summed E-state index contributed by atoms with van der Waals surface area (Å²) in [6.07, 6.45) is 7.15. The second-order valence-corrected chi connectivity index (χ2v) is 7.96. The van der Waals surface area contributed by atoms with Crippen LogP contribution in [0.1, 0.15) is 43.9 Å². The largest absolute Gasteiger partial charge is 0.349 e. The van der Waals surface area contributed by atoms with Crippen LogP contribution in [0.25, 0.3) is 27.4 Å². The van der Waals surface area contributed by atoms with Crippen molar-refractivity contribution in [3.63, 3.8) is 0 Å². The lowest BCUT2D eigenvalue weighted by molar-refractivity contribution is -0.121. The maximum absolute atomic E-state index is 12.0. The van der Waals surface area contributed by atoms with Crippen molar-refractivity contribution in [2.75, 3.05) is 0 Å². The highest BCUT2D eigenvalue weighted by Gasteiger charge is 2.24. The molecule has 1 aliphatic rings. The molecule has 1 aliphatic carbocycles. The van der Waals surface area contributed by atoms with Gasteiger partial charge in [-0.25, -0.2) is 0 Å². The Kier molecular flexibility index (Phi) is 4.44. The van der Waals surface area contributed by atoms with Gasteiger partial charge in [0.05, 0.1) is 16.3 Å². The van der Waals surface area contributed by atoms with Crippen LogP contribution in [0.5, 0.6) is 0 Å². The molecule has 3 aromatic rings. The van der Waals surface area contributed by atoms with Gasteiger partial charge in [-0.1, -0.05) is 36.0 Å². The fourth-order valence-corrected chi connectivity index (χ4v) is 4.54. The Labute approximate surface area is 161 Å². The first kappa shape index (κ1) is 17.7. The van der Waals surface area contributed by atoms with E-state index in [0.29, 0.717) is 6.42 Å². The molecule has 0 aliphatic heterocycles. The number of hydrogen-bond donors (Lipinski definition) is 1. The number of nitrogens with zero attached hydrogens (tertiary/aromatic N) is 2. The van der Waals surface area contributed by atoms with E-state index in [1.807, 2.05) is 31.5 Å². The molecule has 0 saturated heterocycles. The Morgan fingerprint density at radius 2 is 2.19 bits per heavy atom. The highest BCUT2D eigenvalue weighted by atomic mass is 32.1. The van der Waals surface area contributed by atoms with Gasteiger partial charge >= 0.3 is 4.87 Å². The zero-order chi connectivity index (χ0) is 19.1. The summed E-state index contributed by atoms with van der Waals surface area (Å²) in [6.45, 7) is 3.95. The molecule has 1 amide bonds. The quantitative estimate of drug-likeness (QED) is 0.747. The SMILES string of the molecule is CCC(=O)NC1CC(C)=Cc2c(-c3ccc4c(c3)sc(=O)n4C)cncc21. The molecular weight excluding hydrogens is 358 g/mol. The fourth-order valence-electron chi connectivity index (χ4n) is 3.62. The van der Waals surface area contributed by atoms with E-state index in [1.54, 1.807) is 11.6 Å². The predicted molar refractivity (Wildman–Crippen MR) is 110 cm³/mol. The maximum Gasteiger partial charge on any atom is 0.307 e. The third-order valence-corrected chi connectivity index (χ3v) is 6.07. The number of thiazole rings is 1. The van der Waals surface area contributed by atoms with Crippen LogP contribution in [0.15, 0.2) is 41.0 Å². The van der Waals surface area contributed by atoms with E-state index in [-0.39, 0.29) is 16.8 Å². The average Bonchev–Trinajstić information content (AvgIpc) is 2.94. The smallest absolute Gasteiger partial charge is 0.307 e. The number of aromatic nitrogens is 2. The number of amides is 1. The summed E-state index contributed by atoms with van der Waals surface area (Å²) in [7, 11) is 1.79. The monoisotopic (exact) mass is 379 g/mol. The molecule has 1 unspecified atom stereocenters. The normalized spacial score (nSPS) is 16.1. The lowest BCUT2D eigenvalue weighted by atomic mass is 9.86. The van der Waals surface area contributed by atoms with Crippen LogP contribution in [0.2, 0.25) is 0 Å². The zero-order valence-electron chi connectivity index (χ0n) is 15.6. The maximum atomic E-state index is 12.0. The second-order valence-electron chi connectivity index (χ2n) is 6.97. The molecule has 4 rings (SSSR count). The van der Waals surface area contributed by atoms with E-state index < -0.39 is 0 Å². The van der Waals surface area contributed by atoms with Gasteiger partial charge in [-0.15, -0.1) is 0 Å². The van der Waals surface area contributed by atoms with E-state index in [2.05, 4.69) is 29.4 Å². The summed E-state index contributed by atoms with van der Waals surface area (Å²) in [5.74, 6) is 0.0431. The molecule has 1 aromatic carbocycles. The van der Waals surface area contributed by atoms with Crippen LogP contribution in [-0.4, -0.2) is 15.5 Å². The number of fused-ring (bicyclic) bond motifs is 2. The molecular formula is C21H21N3O2S. The van der Waals surface area contributed by atoms with Crippen molar-refractivity contribution in [1.82, 2.24) is 14.9 Å². The minimum absolute atomic E-state index is 0.0356. The third-order valence-electron chi connectivity index (χ3n) is 5.07. The van der Waals surface area contributed by atoms with Crippen LogP contribution in [0, 0.1) is 0 Å². The molecule has 0 fully saturated rings. The van der Waals surface area contributed by atoms with Crippen molar-refractivity contribution in [1.29, 1.82) is 0 Å². The van der Waals surface area contributed by atoms with Gasteiger partial charge in [0, 0.05) is 37.0 Å². The van der Waals surface area contributed by atoms with Crippen LogP contribution in [0.3, 0.4) is 0 Å². The third kappa shape index (κ3) is 3.10. The molecule has 2 aromatic heterocycles. The molecule has 6 heteroatoms. The molecule has 1 atom stereocenters. The Morgan fingerprint density at radius 3 is 2.96 bits per heavy atom. The minimum Gasteiger partial charge on any atom is -0.349 e. The fraction of sp³-hybridized carbons (Fsp3) is 0.286. The van der Waals surface area contributed by atoms with E-state index in [1.165, 1.54) is 16.9 Å². The zero-order valence-corrected chi connectivity index (χ0v) is 16.4. The molecule has 0 radical (unpaired) electrons. The number of aryl methyl sites for hydroxylation is 1. The van der Waals surface area contributed by atoms with Crippen LogP contribution in [-0.2, 0) is 11.8 Å². The van der Waals surface area contributed by atoms with Crippen LogP contribution < -0.4 is 10.2 Å². The number of nitrogens with one attached hydrogen (secondary N) is 1. The molecule has 27 heavy (non-hydrogen) atoms. The van der Waals surface area contributed by atoms with E-state index in [0.717, 1.165) is 38.9 Å². The minimum atomic E-state index is -0.0542. The number of carbonyl (C=O) groups excluding carboxylic acids is 1. The molecule has 5 nitrogen and oxygen atoms in total. The van der Waals surface area contributed by atoms with E-state index in [9.17, 15) is 9.59 Å². The molecule has 0 bridgehead atoms. The molecule has 0 spiro atoms. The van der Waals surface area contributed by atoms with Crippen molar-refractivity contribution in [2.45, 2.75) is 32.7 Å². The van der Waals surface area contributed by atoms with E-state index >= 15 is 0 Å². The predicted octanol–water partition coefficient (Wildman–Crippen LogP) is 4.04. The lowest BCUT2D eigenvalue weighted by Gasteiger charge is -2.26. The number of benzene rings is 1. The number of rotatable bonds is 3. The van der Waals surface area contributed by atoms with Gasteiger partial charge in [-0.3, -0.25) is 14.6 Å². The number of carbonyl (C=O) groups is 1.